The molecular weight excluding hydrogens is 234 g/mol. The van der Waals surface area contributed by atoms with E-state index in [9.17, 15) is 9.59 Å². The number of carbonyl (C=O) groups is 1. The molecule has 0 saturated carbocycles. The van der Waals surface area contributed by atoms with Crippen molar-refractivity contribution in [3.63, 3.8) is 0 Å². The Bertz CT molecular complexity index is 455. The van der Waals surface area contributed by atoms with Crippen molar-refractivity contribution >= 4 is 11.6 Å². The van der Waals surface area contributed by atoms with Crippen LogP contribution in [0.4, 0.5) is 5.69 Å². The van der Waals surface area contributed by atoms with E-state index in [1.807, 2.05) is 13.8 Å². The van der Waals surface area contributed by atoms with Gasteiger partial charge < -0.3 is 16.4 Å². The Hall–Kier alpha value is -1.89. The average Bonchev–Trinajstić information content (AvgIpc) is 2.28. The molecule has 4 N–H and O–H groups in total. The maximum absolute atomic E-state index is 11.7. The monoisotopic (exact) mass is 253 g/mol. The van der Waals surface area contributed by atoms with Gasteiger partial charge in [0.15, 0.2) is 0 Å². The zero-order chi connectivity index (χ0) is 13.5. The van der Waals surface area contributed by atoms with Gasteiger partial charge in [-0.05, 0) is 13.8 Å². The van der Waals surface area contributed by atoms with E-state index >= 15 is 0 Å². The summed E-state index contributed by atoms with van der Waals surface area (Å²) >= 11 is 0. The Morgan fingerprint density at radius 2 is 2.28 bits per heavy atom. The van der Waals surface area contributed by atoms with Crippen molar-refractivity contribution in [3.8, 4) is 0 Å². The Balaban J connectivity index is 2.68. The fourth-order valence-corrected chi connectivity index (χ4v) is 1.37. The van der Waals surface area contributed by atoms with E-state index in [-0.39, 0.29) is 24.1 Å². The summed E-state index contributed by atoms with van der Waals surface area (Å²) in [5.41, 5.74) is 5.62. The number of hydrogen-bond acceptors (Lipinski definition) is 5. The van der Waals surface area contributed by atoms with Crippen molar-refractivity contribution in [2.45, 2.75) is 26.4 Å². The molecule has 0 spiro atoms. The maximum atomic E-state index is 11.7. The summed E-state index contributed by atoms with van der Waals surface area (Å²) in [7, 11) is 0. The first-order valence-corrected chi connectivity index (χ1v) is 5.83. The topological polar surface area (TPSA) is 102 Å². The van der Waals surface area contributed by atoms with Crippen LogP contribution in [-0.4, -0.2) is 34.8 Å². The minimum absolute atomic E-state index is 0.0405. The van der Waals surface area contributed by atoms with Crippen LogP contribution in [0.5, 0.6) is 0 Å². The number of aromatic nitrogens is 2. The summed E-state index contributed by atoms with van der Waals surface area (Å²) in [5, 5.41) is 9.56. The number of nitrogens with two attached hydrogens (primary N) is 1. The molecule has 1 rings (SSSR count). The van der Waals surface area contributed by atoms with Gasteiger partial charge in [-0.25, -0.2) is 4.68 Å². The van der Waals surface area contributed by atoms with Crippen molar-refractivity contribution in [2.24, 2.45) is 5.73 Å². The number of amides is 1. The van der Waals surface area contributed by atoms with E-state index in [2.05, 4.69) is 15.7 Å². The summed E-state index contributed by atoms with van der Waals surface area (Å²) in [6, 6.07) is 1.43. The van der Waals surface area contributed by atoms with Crippen molar-refractivity contribution < 1.29 is 4.79 Å². The predicted octanol–water partition coefficient (Wildman–Crippen LogP) is -0.861. The van der Waals surface area contributed by atoms with Crippen LogP contribution >= 0.6 is 0 Å². The smallest absolute Gasteiger partial charge is 0.269 e. The summed E-state index contributed by atoms with van der Waals surface area (Å²) < 4.78 is 1.12. The highest BCUT2D eigenvalue weighted by Gasteiger charge is 2.07. The molecule has 0 aliphatic rings. The van der Waals surface area contributed by atoms with Crippen LogP contribution in [0.3, 0.4) is 0 Å². The molecule has 0 radical (unpaired) electrons. The molecular formula is C11H19N5O2. The number of anilines is 1. The van der Waals surface area contributed by atoms with Crippen LogP contribution in [0.15, 0.2) is 17.1 Å². The van der Waals surface area contributed by atoms with Crippen LogP contribution < -0.4 is 21.9 Å². The molecule has 0 atom stereocenters. The van der Waals surface area contributed by atoms with Gasteiger partial charge in [0.2, 0.25) is 5.91 Å². The van der Waals surface area contributed by atoms with E-state index in [0.717, 1.165) is 4.68 Å². The third kappa shape index (κ3) is 4.54. The molecule has 0 fully saturated rings. The van der Waals surface area contributed by atoms with Gasteiger partial charge in [-0.15, -0.1) is 0 Å². The van der Waals surface area contributed by atoms with Crippen LogP contribution in [-0.2, 0) is 11.3 Å². The third-order valence-corrected chi connectivity index (χ3v) is 2.09. The van der Waals surface area contributed by atoms with E-state index in [0.29, 0.717) is 18.8 Å². The first-order chi connectivity index (χ1) is 8.52. The van der Waals surface area contributed by atoms with Crippen LogP contribution in [0.25, 0.3) is 0 Å². The van der Waals surface area contributed by atoms with E-state index in [4.69, 9.17) is 5.73 Å². The van der Waals surface area contributed by atoms with Gasteiger partial charge in [-0.3, -0.25) is 9.59 Å². The number of nitrogens with zero attached hydrogens (tertiary/aromatic N) is 2. The molecule has 0 bridgehead atoms. The summed E-state index contributed by atoms with van der Waals surface area (Å²) in [5.74, 6) is -0.234. The molecule has 18 heavy (non-hydrogen) atoms. The molecule has 7 nitrogen and oxygen atoms in total. The first kappa shape index (κ1) is 14.2. The quantitative estimate of drug-likeness (QED) is 0.612. The summed E-state index contributed by atoms with van der Waals surface area (Å²) in [6.07, 6.45) is 1.50. The van der Waals surface area contributed by atoms with E-state index in [1.165, 1.54) is 12.3 Å². The number of nitrogens with one attached hydrogen (secondary N) is 2. The van der Waals surface area contributed by atoms with E-state index in [1.54, 1.807) is 0 Å². The third-order valence-electron chi connectivity index (χ3n) is 2.09. The van der Waals surface area contributed by atoms with Gasteiger partial charge in [0.25, 0.3) is 5.56 Å². The minimum Gasteiger partial charge on any atom is -0.382 e. The molecule has 100 valence electrons. The zero-order valence-electron chi connectivity index (χ0n) is 10.6. The van der Waals surface area contributed by atoms with Gasteiger partial charge in [0.05, 0.1) is 11.9 Å². The normalized spacial score (nSPS) is 10.4. The molecule has 0 saturated heterocycles. The van der Waals surface area contributed by atoms with Crippen LogP contribution in [0, 0.1) is 0 Å². The molecule has 0 aliphatic carbocycles. The van der Waals surface area contributed by atoms with Crippen molar-refractivity contribution in [3.05, 3.63) is 22.6 Å². The Labute approximate surface area is 105 Å². The number of carbonyl (C=O) groups excluding carboxylic acids is 1. The maximum Gasteiger partial charge on any atom is 0.269 e. The highest BCUT2D eigenvalue weighted by atomic mass is 16.2. The highest BCUT2D eigenvalue weighted by molar-refractivity contribution is 5.75. The second-order valence-corrected chi connectivity index (χ2v) is 4.18. The molecule has 1 aromatic rings. The molecule has 1 aromatic heterocycles. The number of hydrogen-bond donors (Lipinski definition) is 3. The SMILES string of the molecule is CC(C)NC(=O)Cn1ncc(NCCN)cc1=O. The van der Waals surface area contributed by atoms with Gasteiger partial charge in [0, 0.05) is 25.2 Å². The molecule has 1 heterocycles. The minimum atomic E-state index is -0.323. The summed E-state index contributed by atoms with van der Waals surface area (Å²) in [6.45, 7) is 4.68. The molecule has 0 aliphatic heterocycles. The molecule has 1 amide bonds. The molecule has 0 aromatic carbocycles. The standard InChI is InChI=1S/C11H19N5O2/c1-8(2)15-10(17)7-16-11(18)5-9(6-14-16)13-4-3-12/h5-6,8,13H,3-4,7,12H2,1-2H3,(H,15,17). The average molecular weight is 253 g/mol. The zero-order valence-corrected chi connectivity index (χ0v) is 10.6. The van der Waals surface area contributed by atoms with Gasteiger partial charge >= 0.3 is 0 Å². The van der Waals surface area contributed by atoms with Gasteiger partial charge in [-0.1, -0.05) is 0 Å². The van der Waals surface area contributed by atoms with Crippen LogP contribution in [0.2, 0.25) is 0 Å². The molecule has 7 heteroatoms. The Morgan fingerprint density at radius 3 is 2.83 bits per heavy atom. The predicted molar refractivity (Wildman–Crippen MR) is 69.3 cm³/mol. The van der Waals surface area contributed by atoms with E-state index < -0.39 is 0 Å². The first-order valence-electron chi connectivity index (χ1n) is 5.83. The lowest BCUT2D eigenvalue weighted by Gasteiger charge is -2.09. The van der Waals surface area contributed by atoms with Gasteiger partial charge in [0.1, 0.15) is 6.54 Å². The summed E-state index contributed by atoms with van der Waals surface area (Å²) in [4.78, 5) is 23.2. The lowest BCUT2D eigenvalue weighted by molar-refractivity contribution is -0.122. The Kier molecular flexibility index (Phi) is 5.31. The second-order valence-electron chi connectivity index (χ2n) is 4.18. The Morgan fingerprint density at radius 1 is 1.56 bits per heavy atom. The lowest BCUT2D eigenvalue weighted by atomic mass is 10.4. The fourth-order valence-electron chi connectivity index (χ4n) is 1.37. The second kappa shape index (κ2) is 6.75. The highest BCUT2D eigenvalue weighted by Crippen LogP contribution is 1.98. The lowest BCUT2D eigenvalue weighted by Crippen LogP contribution is -2.36. The largest absolute Gasteiger partial charge is 0.382 e. The number of rotatable bonds is 6. The van der Waals surface area contributed by atoms with Crippen molar-refractivity contribution in [1.29, 1.82) is 0 Å². The van der Waals surface area contributed by atoms with Crippen molar-refractivity contribution in [2.75, 3.05) is 18.4 Å². The molecule has 0 unspecified atom stereocenters. The van der Waals surface area contributed by atoms with Crippen LogP contribution in [0.1, 0.15) is 13.8 Å². The fraction of sp³-hybridized carbons (Fsp3) is 0.545. The van der Waals surface area contributed by atoms with Gasteiger partial charge in [-0.2, -0.15) is 5.10 Å². The van der Waals surface area contributed by atoms with Crippen molar-refractivity contribution in [1.82, 2.24) is 15.1 Å².